The van der Waals surface area contributed by atoms with E-state index in [2.05, 4.69) is 0 Å². The molecule has 1 aromatic carbocycles. The fraction of sp³-hybridized carbons (Fsp3) is 0.143. The average Bonchev–Trinajstić information content (AvgIpc) is 1.88. The average molecular weight is 180 g/mol. The third-order valence-corrected chi connectivity index (χ3v) is 1.69. The summed E-state index contributed by atoms with van der Waals surface area (Å²) in [7, 11) is 0. The van der Waals surface area contributed by atoms with E-state index in [4.69, 9.17) is 0 Å². The van der Waals surface area contributed by atoms with Gasteiger partial charge in [0.1, 0.15) is 5.82 Å². The Bertz CT molecular complexity index is 242. The van der Waals surface area contributed by atoms with Gasteiger partial charge in [0, 0.05) is 4.90 Å². The number of hydrogen-bond donors (Lipinski definition) is 0. The predicted octanol–water partition coefficient (Wildman–Crippen LogP) is -0.639. The van der Waals surface area contributed by atoms with Gasteiger partial charge in [0.15, 0.2) is 0 Å². The molecule has 0 unspecified atom stereocenters. The first kappa shape index (κ1) is 11.5. The van der Waals surface area contributed by atoms with E-state index >= 15 is 0 Å². The van der Waals surface area contributed by atoms with Gasteiger partial charge in [0.05, 0.1) is 0 Å². The summed E-state index contributed by atoms with van der Waals surface area (Å²) in [5.41, 5.74) is 0.829. The summed E-state index contributed by atoms with van der Waals surface area (Å²) in [5.74, 6) is -0.431. The van der Waals surface area contributed by atoms with Gasteiger partial charge in [0.2, 0.25) is 0 Å². The van der Waals surface area contributed by atoms with Crippen LogP contribution in [0.15, 0.2) is 23.1 Å². The number of aryl methyl sites for hydroxylation is 1. The van der Waals surface area contributed by atoms with Gasteiger partial charge in [-0.05, 0) is 24.6 Å². The quantitative estimate of drug-likeness (QED) is 0.424. The van der Waals surface area contributed by atoms with Crippen LogP contribution in [0.1, 0.15) is 5.56 Å². The maximum absolute atomic E-state index is 12.6. The zero-order chi connectivity index (χ0) is 7.56. The van der Waals surface area contributed by atoms with Gasteiger partial charge in [-0.25, -0.2) is 16.4 Å². The van der Waals surface area contributed by atoms with E-state index in [-0.39, 0.29) is 46.5 Å². The van der Waals surface area contributed by atoms with E-state index in [1.54, 1.807) is 13.0 Å². The van der Waals surface area contributed by atoms with Crippen molar-refractivity contribution in [2.75, 3.05) is 0 Å². The molecular formula is C7H6FNaOS. The molecular weight excluding hydrogens is 174 g/mol. The van der Waals surface area contributed by atoms with Gasteiger partial charge in [0.25, 0.3) is 0 Å². The molecule has 0 bridgehead atoms. The Labute approximate surface area is 91.5 Å². The molecule has 4 heteroatoms. The van der Waals surface area contributed by atoms with Gasteiger partial charge in [-0.3, -0.25) is 0 Å². The van der Waals surface area contributed by atoms with Gasteiger partial charge in [-0.15, -0.1) is 0 Å². The number of halogens is 1. The minimum atomic E-state index is -0.431. The molecule has 0 aliphatic carbocycles. The van der Waals surface area contributed by atoms with Crippen molar-refractivity contribution < 1.29 is 38.5 Å². The van der Waals surface area contributed by atoms with Crippen molar-refractivity contribution in [2.24, 2.45) is 0 Å². The minimum absolute atomic E-state index is 0. The molecule has 0 radical (unpaired) electrons. The molecule has 0 fully saturated rings. The summed E-state index contributed by atoms with van der Waals surface area (Å²) in [6.07, 6.45) is 0. The molecule has 0 atom stereocenters. The zero-order valence-electron chi connectivity index (χ0n) is 6.43. The second-order valence-corrected chi connectivity index (χ2v) is 2.62. The molecule has 0 N–H and O–H groups in total. The van der Waals surface area contributed by atoms with Crippen LogP contribution in [0.3, 0.4) is 0 Å². The molecule has 0 aliphatic heterocycles. The summed E-state index contributed by atoms with van der Waals surface area (Å²) < 4.78 is 22.8. The van der Waals surface area contributed by atoms with Crippen LogP contribution in [0.25, 0.3) is 0 Å². The summed E-state index contributed by atoms with van der Waals surface area (Å²) in [6.45, 7) is 1.78. The number of hydrogen-bond acceptors (Lipinski definition) is 2. The normalized spacial score (nSPS) is 9.00. The number of rotatable bonds is 1. The van der Waals surface area contributed by atoms with Crippen molar-refractivity contribution in [3.05, 3.63) is 29.6 Å². The predicted molar refractivity (Wildman–Crippen MR) is 37.8 cm³/mol. The van der Waals surface area contributed by atoms with Crippen LogP contribution in [0.4, 0.5) is 4.39 Å². The molecule has 1 nitrogen and oxygen atoms in total. The summed E-state index contributed by atoms with van der Waals surface area (Å²) in [4.78, 5) is 0.158. The van der Waals surface area contributed by atoms with E-state index in [9.17, 15) is 8.94 Å². The fourth-order valence-corrected chi connectivity index (χ4v) is 0.936. The minimum Gasteiger partial charge on any atom is -0.795 e. The maximum Gasteiger partial charge on any atom is 1.00 e. The summed E-state index contributed by atoms with van der Waals surface area (Å²) >= 11 is 0.179. The zero-order valence-corrected chi connectivity index (χ0v) is 9.24. The van der Waals surface area contributed by atoms with Crippen LogP contribution in [-0.4, -0.2) is 4.55 Å². The number of benzene rings is 1. The monoisotopic (exact) mass is 180 g/mol. The Hall–Kier alpha value is 0.460. The summed E-state index contributed by atoms with van der Waals surface area (Å²) in [5, 5.41) is 0. The van der Waals surface area contributed by atoms with E-state index in [0.717, 1.165) is 5.56 Å². The molecule has 0 heterocycles. The first-order chi connectivity index (χ1) is 4.74. The fourth-order valence-electron chi connectivity index (χ4n) is 0.673. The Morgan fingerprint density at radius 1 is 1.45 bits per heavy atom. The van der Waals surface area contributed by atoms with E-state index in [1.165, 1.54) is 12.1 Å². The molecule has 0 amide bonds. The van der Waals surface area contributed by atoms with E-state index < -0.39 is 5.82 Å². The van der Waals surface area contributed by atoms with Crippen molar-refractivity contribution >= 4 is 12.0 Å². The van der Waals surface area contributed by atoms with Gasteiger partial charge in [-0.2, -0.15) is 0 Å². The van der Waals surface area contributed by atoms with Crippen LogP contribution in [0.5, 0.6) is 0 Å². The standard InChI is InChI=1S/C7H7FOS.Na/c1-5-2-3-7(10-9)6(8)4-5;/h2-4,9H,1H3;/q;+1/p-1. The molecule has 0 saturated heterocycles. The SMILES string of the molecule is Cc1ccc(S[O-])c(F)c1.[Na+]. The largest absolute Gasteiger partial charge is 1.00 e. The third-order valence-electron chi connectivity index (χ3n) is 1.18. The smallest absolute Gasteiger partial charge is 0.795 e. The Morgan fingerprint density at radius 3 is 2.55 bits per heavy atom. The van der Waals surface area contributed by atoms with Crippen LogP contribution in [-0.2, 0) is 0 Å². The van der Waals surface area contributed by atoms with Crippen molar-refractivity contribution in [3.63, 3.8) is 0 Å². The first-order valence-corrected chi connectivity index (χ1v) is 3.54. The topological polar surface area (TPSA) is 23.1 Å². The Kier molecular flexibility index (Phi) is 5.38. The van der Waals surface area contributed by atoms with Crippen LogP contribution >= 0.6 is 12.0 Å². The second kappa shape index (κ2) is 5.17. The van der Waals surface area contributed by atoms with Gasteiger partial charge >= 0.3 is 29.6 Å². The van der Waals surface area contributed by atoms with Crippen LogP contribution < -0.4 is 29.6 Å². The molecule has 54 valence electrons. The Balaban J connectivity index is 0.000001000. The first-order valence-electron chi connectivity index (χ1n) is 2.80. The van der Waals surface area contributed by atoms with Crippen molar-refractivity contribution in [1.82, 2.24) is 0 Å². The van der Waals surface area contributed by atoms with Crippen molar-refractivity contribution in [3.8, 4) is 0 Å². The molecule has 0 aromatic heterocycles. The van der Waals surface area contributed by atoms with Crippen molar-refractivity contribution in [1.29, 1.82) is 0 Å². The summed E-state index contributed by atoms with van der Waals surface area (Å²) in [6, 6.07) is 4.55. The van der Waals surface area contributed by atoms with Gasteiger partial charge in [-0.1, -0.05) is 6.07 Å². The second-order valence-electron chi connectivity index (χ2n) is 2.02. The molecule has 11 heavy (non-hydrogen) atoms. The van der Waals surface area contributed by atoms with Crippen LogP contribution in [0.2, 0.25) is 0 Å². The van der Waals surface area contributed by atoms with Gasteiger partial charge < -0.3 is 4.55 Å². The maximum atomic E-state index is 12.6. The molecule has 0 saturated carbocycles. The molecule has 1 aromatic rings. The van der Waals surface area contributed by atoms with E-state index in [1.807, 2.05) is 0 Å². The van der Waals surface area contributed by atoms with Crippen molar-refractivity contribution in [2.45, 2.75) is 11.8 Å². The molecule has 1 rings (SSSR count). The molecule has 0 aliphatic rings. The molecule has 0 spiro atoms. The third kappa shape index (κ3) is 3.13. The van der Waals surface area contributed by atoms with Crippen LogP contribution in [0, 0.1) is 12.7 Å². The van der Waals surface area contributed by atoms with E-state index in [0.29, 0.717) is 0 Å². The Morgan fingerprint density at radius 2 is 2.09 bits per heavy atom.